The number of nitrogens with one attached hydrogen (secondary N) is 1. The van der Waals surface area contributed by atoms with E-state index in [0.717, 1.165) is 5.56 Å². The van der Waals surface area contributed by atoms with Gasteiger partial charge in [0.2, 0.25) is 0 Å². The van der Waals surface area contributed by atoms with E-state index in [2.05, 4.69) is 5.32 Å². The van der Waals surface area contributed by atoms with Crippen molar-refractivity contribution in [1.82, 2.24) is 10.2 Å². The van der Waals surface area contributed by atoms with E-state index >= 15 is 0 Å². The Morgan fingerprint density at radius 3 is 2.73 bits per heavy atom. The quantitative estimate of drug-likeness (QED) is 0.868. The molecule has 1 fully saturated rings. The summed E-state index contributed by atoms with van der Waals surface area (Å²) in [4.78, 5) is 14.9. The van der Waals surface area contributed by atoms with Crippen LogP contribution in [0.2, 0.25) is 5.02 Å². The van der Waals surface area contributed by atoms with Crippen LogP contribution in [0, 0.1) is 0 Å². The number of benzene rings is 2. The molecule has 1 N–H and O–H groups in total. The first-order chi connectivity index (χ1) is 12.3. The van der Waals surface area contributed by atoms with E-state index in [0.29, 0.717) is 35.8 Å². The van der Waals surface area contributed by atoms with Crippen molar-refractivity contribution in [1.29, 1.82) is 0 Å². The van der Waals surface area contributed by atoms with Crippen molar-refractivity contribution in [2.45, 2.75) is 11.8 Å². The first-order valence-electron chi connectivity index (χ1n) is 8.38. The predicted octanol–water partition coefficient (Wildman–Crippen LogP) is 2.67. The molecule has 0 spiro atoms. The van der Waals surface area contributed by atoms with Crippen molar-refractivity contribution in [2.75, 3.05) is 25.9 Å². The molecule has 0 radical (unpaired) electrons. The van der Waals surface area contributed by atoms with E-state index in [1.807, 2.05) is 24.3 Å². The van der Waals surface area contributed by atoms with E-state index in [9.17, 15) is 13.2 Å². The molecular weight excluding hydrogens is 372 g/mol. The molecule has 1 amide bonds. The van der Waals surface area contributed by atoms with E-state index in [-0.39, 0.29) is 17.7 Å². The van der Waals surface area contributed by atoms with Crippen LogP contribution >= 0.6 is 11.6 Å². The molecular formula is C19H21ClN2O3S. The molecule has 1 unspecified atom stereocenters. The number of hydrogen-bond donors (Lipinski definition) is 1. The van der Waals surface area contributed by atoms with Gasteiger partial charge in [0, 0.05) is 36.5 Å². The van der Waals surface area contributed by atoms with Crippen molar-refractivity contribution >= 4 is 27.3 Å². The number of carbonyl (C=O) groups is 1. The molecule has 1 aliphatic heterocycles. The first-order valence-corrected chi connectivity index (χ1v) is 10.8. The van der Waals surface area contributed by atoms with E-state index in [4.69, 9.17) is 11.6 Å². The Labute approximate surface area is 158 Å². The molecule has 1 aliphatic rings. The molecule has 3 rings (SSSR count). The average molecular weight is 393 g/mol. The molecule has 0 aromatic heterocycles. The van der Waals surface area contributed by atoms with Gasteiger partial charge in [0.1, 0.15) is 0 Å². The highest BCUT2D eigenvalue weighted by molar-refractivity contribution is 7.89. The average Bonchev–Trinajstić information content (AvgIpc) is 2.60. The van der Waals surface area contributed by atoms with Crippen LogP contribution in [0.15, 0.2) is 48.5 Å². The number of halogens is 1. The molecule has 26 heavy (non-hydrogen) atoms. The summed E-state index contributed by atoms with van der Waals surface area (Å²) in [5.41, 5.74) is 2.01. The maximum absolute atomic E-state index is 13.1. The van der Waals surface area contributed by atoms with Gasteiger partial charge in [0.15, 0.2) is 9.84 Å². The lowest BCUT2D eigenvalue weighted by Gasteiger charge is -2.37. The van der Waals surface area contributed by atoms with Gasteiger partial charge in [-0.1, -0.05) is 41.9 Å². The van der Waals surface area contributed by atoms with Gasteiger partial charge in [-0.3, -0.25) is 4.79 Å². The summed E-state index contributed by atoms with van der Waals surface area (Å²) in [6.07, 6.45) is 1.19. The van der Waals surface area contributed by atoms with Crippen LogP contribution in [0.4, 0.5) is 0 Å². The zero-order chi connectivity index (χ0) is 18.7. The molecule has 1 heterocycles. The topological polar surface area (TPSA) is 66.5 Å². The molecule has 0 aliphatic carbocycles. The minimum Gasteiger partial charge on any atom is -0.329 e. The van der Waals surface area contributed by atoms with Crippen LogP contribution in [0.5, 0.6) is 0 Å². The van der Waals surface area contributed by atoms with E-state index in [1.165, 1.54) is 6.26 Å². The monoisotopic (exact) mass is 392 g/mol. The third kappa shape index (κ3) is 4.44. The van der Waals surface area contributed by atoms with Gasteiger partial charge >= 0.3 is 0 Å². The number of rotatable bonds is 4. The highest BCUT2D eigenvalue weighted by Gasteiger charge is 2.29. The zero-order valence-corrected chi connectivity index (χ0v) is 16.1. The van der Waals surface area contributed by atoms with Gasteiger partial charge < -0.3 is 10.2 Å². The summed E-state index contributed by atoms with van der Waals surface area (Å²) in [6.45, 7) is 1.89. The highest BCUT2D eigenvalue weighted by atomic mass is 35.5. The molecule has 0 saturated carbocycles. The molecule has 1 saturated heterocycles. The number of hydrogen-bond acceptors (Lipinski definition) is 4. The normalized spacial score (nSPS) is 17.9. The number of carbonyl (C=O) groups excluding carboxylic acids is 1. The van der Waals surface area contributed by atoms with Crippen molar-refractivity contribution in [3.8, 4) is 0 Å². The van der Waals surface area contributed by atoms with Crippen LogP contribution in [-0.4, -0.2) is 45.1 Å². The van der Waals surface area contributed by atoms with E-state index in [1.54, 1.807) is 29.2 Å². The van der Waals surface area contributed by atoms with Crippen molar-refractivity contribution in [2.24, 2.45) is 0 Å². The number of nitrogens with zero attached hydrogens (tertiary/aromatic N) is 1. The van der Waals surface area contributed by atoms with Gasteiger partial charge in [-0.2, -0.15) is 0 Å². The lowest BCUT2D eigenvalue weighted by molar-refractivity contribution is 0.0634. The van der Waals surface area contributed by atoms with Crippen LogP contribution in [0.25, 0.3) is 0 Å². The van der Waals surface area contributed by atoms with Crippen LogP contribution < -0.4 is 5.32 Å². The molecule has 138 valence electrons. The zero-order valence-electron chi connectivity index (χ0n) is 14.5. The number of amides is 1. The summed E-state index contributed by atoms with van der Waals surface area (Å²) in [5.74, 6) is -0.198. The van der Waals surface area contributed by atoms with E-state index < -0.39 is 9.84 Å². The Morgan fingerprint density at radius 2 is 2.00 bits per heavy atom. The van der Waals surface area contributed by atoms with Crippen molar-refractivity contribution < 1.29 is 13.2 Å². The lowest BCUT2D eigenvalue weighted by Crippen LogP contribution is -2.48. The minimum atomic E-state index is -3.16. The second-order valence-corrected chi connectivity index (χ2v) is 9.06. The second kappa shape index (κ2) is 7.78. The number of sulfone groups is 1. The summed E-state index contributed by atoms with van der Waals surface area (Å²) >= 11 is 6.34. The summed E-state index contributed by atoms with van der Waals surface area (Å²) < 4.78 is 23.1. The van der Waals surface area contributed by atoms with Gasteiger partial charge in [-0.05, 0) is 29.3 Å². The smallest absolute Gasteiger partial charge is 0.254 e. The summed E-state index contributed by atoms with van der Waals surface area (Å²) in [5, 5.41) is 3.94. The molecule has 2 aromatic carbocycles. The van der Waals surface area contributed by atoms with Gasteiger partial charge in [-0.15, -0.1) is 0 Å². The SMILES string of the molecule is CS(=O)(=O)Cc1cccc(C(=O)N2CCNCC2c2ccccc2Cl)c1. The highest BCUT2D eigenvalue weighted by Crippen LogP contribution is 2.29. The fraction of sp³-hybridized carbons (Fsp3) is 0.316. The lowest BCUT2D eigenvalue weighted by atomic mass is 10.0. The fourth-order valence-corrected chi connectivity index (χ4v) is 4.28. The molecule has 2 aromatic rings. The third-order valence-corrected chi connectivity index (χ3v) is 5.57. The fourth-order valence-electron chi connectivity index (χ4n) is 3.23. The Balaban J connectivity index is 1.90. The second-order valence-electron chi connectivity index (χ2n) is 6.51. The summed E-state index contributed by atoms with van der Waals surface area (Å²) in [7, 11) is -3.16. The maximum atomic E-state index is 13.1. The van der Waals surface area contributed by atoms with Crippen LogP contribution in [0.3, 0.4) is 0 Å². The molecule has 7 heteroatoms. The van der Waals surface area contributed by atoms with Gasteiger partial charge in [0.05, 0.1) is 11.8 Å². The number of piperazine rings is 1. The van der Waals surface area contributed by atoms with Crippen LogP contribution in [-0.2, 0) is 15.6 Å². The largest absolute Gasteiger partial charge is 0.329 e. The van der Waals surface area contributed by atoms with Gasteiger partial charge in [0.25, 0.3) is 5.91 Å². The Bertz CT molecular complexity index is 915. The summed E-state index contributed by atoms with van der Waals surface area (Å²) in [6, 6.07) is 14.2. The molecule has 1 atom stereocenters. The maximum Gasteiger partial charge on any atom is 0.254 e. The molecule has 0 bridgehead atoms. The predicted molar refractivity (Wildman–Crippen MR) is 103 cm³/mol. The van der Waals surface area contributed by atoms with Gasteiger partial charge in [-0.25, -0.2) is 8.42 Å². The minimum absolute atomic E-state index is 0.0797. The van der Waals surface area contributed by atoms with Crippen molar-refractivity contribution in [3.63, 3.8) is 0 Å². The Morgan fingerprint density at radius 1 is 1.23 bits per heavy atom. The first kappa shape index (κ1) is 18.9. The standard InChI is InChI=1S/C19H21ClN2O3S/c1-26(24,25)13-14-5-4-6-15(11-14)19(23)22-10-9-21-12-18(22)16-7-2-3-8-17(16)20/h2-8,11,18,21H,9-10,12-13H2,1H3. The Kier molecular flexibility index (Phi) is 5.65. The Hall–Kier alpha value is -1.89. The third-order valence-electron chi connectivity index (χ3n) is 4.37. The van der Waals surface area contributed by atoms with Crippen LogP contribution in [0.1, 0.15) is 27.5 Å². The van der Waals surface area contributed by atoms with Crippen molar-refractivity contribution in [3.05, 3.63) is 70.2 Å². The molecule has 5 nitrogen and oxygen atoms in total.